The van der Waals surface area contributed by atoms with Gasteiger partial charge in [-0.15, -0.1) is 0 Å². The van der Waals surface area contributed by atoms with Crippen LogP contribution < -0.4 is 0 Å². The number of hydrogen-bond acceptors (Lipinski definition) is 4. The lowest BCUT2D eigenvalue weighted by Gasteiger charge is -2.16. The highest BCUT2D eigenvalue weighted by atomic mass is 16.3. The number of H-pyrrole nitrogens is 2. The average Bonchev–Trinajstić information content (AvgIpc) is 3.57. The molecule has 0 saturated heterocycles. The summed E-state index contributed by atoms with van der Waals surface area (Å²) < 4.78 is 0. The van der Waals surface area contributed by atoms with Crippen LogP contribution in [0.4, 0.5) is 0 Å². The molecule has 5 heterocycles. The van der Waals surface area contributed by atoms with E-state index in [0.717, 1.165) is 86.4 Å². The Labute approximate surface area is 218 Å². The number of nitrogens with one attached hydrogen (secondary N) is 2. The first kappa shape index (κ1) is 25.4. The molecule has 0 aliphatic carbocycles. The second kappa shape index (κ2) is 9.92. The summed E-state index contributed by atoms with van der Waals surface area (Å²) in [5, 5.41) is 19.8. The van der Waals surface area contributed by atoms with Gasteiger partial charge in [0.15, 0.2) is 0 Å². The van der Waals surface area contributed by atoms with E-state index in [1.54, 1.807) is 0 Å². The van der Waals surface area contributed by atoms with Gasteiger partial charge >= 0.3 is 0 Å². The lowest BCUT2D eigenvalue weighted by atomic mass is 9.86. The van der Waals surface area contributed by atoms with E-state index in [1.165, 1.54) is 11.1 Å². The highest BCUT2D eigenvalue weighted by molar-refractivity contribution is 5.85. The van der Waals surface area contributed by atoms with Crippen molar-refractivity contribution < 1.29 is 10.2 Å². The van der Waals surface area contributed by atoms with Crippen LogP contribution in [0.3, 0.4) is 0 Å². The van der Waals surface area contributed by atoms with Crippen LogP contribution in [0.1, 0.15) is 96.0 Å². The summed E-state index contributed by atoms with van der Waals surface area (Å²) >= 11 is 0. The highest BCUT2D eigenvalue weighted by Gasteiger charge is 2.30. The summed E-state index contributed by atoms with van der Waals surface area (Å²) in [5.41, 5.74) is 14.7. The first-order chi connectivity index (χ1) is 17.8. The van der Waals surface area contributed by atoms with E-state index in [-0.39, 0.29) is 25.0 Å². The molecule has 0 radical (unpaired) electrons. The molecule has 0 spiro atoms. The quantitative estimate of drug-likeness (QED) is 0.322. The van der Waals surface area contributed by atoms with Crippen molar-refractivity contribution in [2.45, 2.75) is 79.2 Å². The van der Waals surface area contributed by atoms with Crippen molar-refractivity contribution in [2.24, 2.45) is 0 Å². The molecule has 3 aromatic rings. The Hall–Kier alpha value is -3.22. The van der Waals surface area contributed by atoms with E-state index in [2.05, 4.69) is 75.8 Å². The molecular weight excluding hydrogens is 460 g/mol. The average molecular weight is 499 g/mol. The van der Waals surface area contributed by atoms with Crippen molar-refractivity contribution in [3.05, 3.63) is 68.8 Å². The van der Waals surface area contributed by atoms with Crippen LogP contribution in [-0.4, -0.2) is 36.8 Å². The number of allylic oxidation sites excluding steroid dienone is 1. The summed E-state index contributed by atoms with van der Waals surface area (Å²) in [6.45, 7) is 13.0. The molecule has 0 amide bonds. The third kappa shape index (κ3) is 4.32. The Morgan fingerprint density at radius 2 is 1.51 bits per heavy atom. The molecular formula is C31H38N4O2. The van der Waals surface area contributed by atoms with Gasteiger partial charge in [-0.05, 0) is 99.1 Å². The first-order valence-corrected chi connectivity index (χ1v) is 13.4. The van der Waals surface area contributed by atoms with Crippen LogP contribution in [0.15, 0.2) is 18.2 Å². The topological polar surface area (TPSA) is 97.8 Å². The molecule has 0 fully saturated rings. The standard InChI is InChI=1S/C31H38N4O2/c1-7-21-17(3)27-14-30-23(15-37)19(5)26(34-30)13-28-18(4)22(9-8-10-36)31(35-28)20(6)25-11-16(2)24(32-25)12-29(21)33-27/h11-14,18,22,33-34,36-37H,7-10,15H2,1-6H3/t18-,22-/m0/s1. The molecule has 6 heteroatoms. The van der Waals surface area contributed by atoms with Crippen molar-refractivity contribution >= 4 is 33.7 Å². The van der Waals surface area contributed by atoms with E-state index in [4.69, 9.17) is 9.97 Å². The number of aromatic amines is 2. The van der Waals surface area contributed by atoms with Crippen molar-refractivity contribution in [3.8, 4) is 0 Å². The number of hydrogen-bond donors (Lipinski definition) is 4. The minimum atomic E-state index is -0.0358. The monoisotopic (exact) mass is 498 g/mol. The Bertz CT molecular complexity index is 1560. The van der Waals surface area contributed by atoms with Crippen LogP contribution in [-0.2, 0) is 13.0 Å². The van der Waals surface area contributed by atoms with Crippen molar-refractivity contribution in [3.63, 3.8) is 0 Å². The van der Waals surface area contributed by atoms with Gasteiger partial charge in [0.1, 0.15) is 0 Å². The maximum atomic E-state index is 10.3. The van der Waals surface area contributed by atoms with Gasteiger partial charge in [-0.2, -0.15) is 0 Å². The van der Waals surface area contributed by atoms with Crippen molar-refractivity contribution in [1.29, 1.82) is 0 Å². The number of aliphatic hydroxyl groups excluding tert-OH is 2. The van der Waals surface area contributed by atoms with E-state index in [9.17, 15) is 10.2 Å². The largest absolute Gasteiger partial charge is 0.396 e. The summed E-state index contributed by atoms with van der Waals surface area (Å²) in [6.07, 6.45) is 4.69. The molecule has 0 saturated carbocycles. The fraction of sp³-hybridized carbons (Fsp3) is 0.419. The molecule has 4 N–H and O–H groups in total. The predicted molar refractivity (Wildman–Crippen MR) is 152 cm³/mol. The van der Waals surface area contributed by atoms with E-state index < -0.39 is 0 Å². The lowest BCUT2D eigenvalue weighted by molar-refractivity contribution is 0.277. The molecule has 194 valence electrons. The molecule has 2 aliphatic rings. The van der Waals surface area contributed by atoms with Gasteiger partial charge in [0.25, 0.3) is 0 Å². The summed E-state index contributed by atoms with van der Waals surface area (Å²) in [5.74, 6) is 0.430. The second-order valence-corrected chi connectivity index (χ2v) is 10.6. The van der Waals surface area contributed by atoms with Crippen molar-refractivity contribution in [1.82, 2.24) is 19.9 Å². The second-order valence-electron chi connectivity index (χ2n) is 10.6. The summed E-state index contributed by atoms with van der Waals surface area (Å²) in [7, 11) is 0. The number of aliphatic hydroxyl groups is 2. The maximum absolute atomic E-state index is 10.3. The van der Waals surface area contributed by atoms with E-state index >= 15 is 0 Å². The maximum Gasteiger partial charge on any atom is 0.0705 e. The molecule has 5 rings (SSSR count). The zero-order valence-corrected chi connectivity index (χ0v) is 22.8. The van der Waals surface area contributed by atoms with Crippen LogP contribution in [0, 0.1) is 20.8 Å². The molecule has 8 bridgehead atoms. The molecule has 37 heavy (non-hydrogen) atoms. The van der Waals surface area contributed by atoms with Gasteiger partial charge < -0.3 is 20.2 Å². The van der Waals surface area contributed by atoms with Gasteiger partial charge in [0, 0.05) is 57.5 Å². The number of aryl methyl sites for hydroxylation is 3. The minimum Gasteiger partial charge on any atom is -0.396 e. The van der Waals surface area contributed by atoms with Crippen LogP contribution in [0.25, 0.3) is 33.7 Å². The number of rotatable bonds is 5. The number of aromatic nitrogens is 4. The fourth-order valence-corrected chi connectivity index (χ4v) is 5.97. The third-order valence-electron chi connectivity index (χ3n) is 8.39. The number of nitrogens with zero attached hydrogens (tertiary/aromatic N) is 2. The van der Waals surface area contributed by atoms with E-state index in [1.807, 2.05) is 0 Å². The summed E-state index contributed by atoms with van der Waals surface area (Å²) in [6, 6.07) is 6.42. The molecule has 0 aromatic carbocycles. The zero-order valence-electron chi connectivity index (χ0n) is 22.8. The zero-order chi connectivity index (χ0) is 26.4. The smallest absolute Gasteiger partial charge is 0.0705 e. The Balaban J connectivity index is 1.93. The van der Waals surface area contributed by atoms with Crippen LogP contribution >= 0.6 is 0 Å². The first-order valence-electron chi connectivity index (χ1n) is 13.4. The molecule has 3 aromatic heterocycles. The number of fused-ring (bicyclic) bond motifs is 8. The van der Waals surface area contributed by atoms with Crippen LogP contribution in [0.5, 0.6) is 0 Å². The molecule has 2 atom stereocenters. The van der Waals surface area contributed by atoms with E-state index in [0.29, 0.717) is 0 Å². The SMILES string of the molecule is CCc1c(C)c2cc3[nH]c(cc4nc(c(C)c5nc(cc1[nH]2)C(C)=C5)[C@@H](CCCO)[C@@H]4C)c(C)c3CO. The van der Waals surface area contributed by atoms with Gasteiger partial charge in [0.05, 0.1) is 18.0 Å². The van der Waals surface area contributed by atoms with Gasteiger partial charge in [0.2, 0.25) is 0 Å². The molecule has 2 aliphatic heterocycles. The van der Waals surface area contributed by atoms with Gasteiger partial charge in [-0.3, -0.25) is 4.98 Å². The molecule has 6 nitrogen and oxygen atoms in total. The fourth-order valence-electron chi connectivity index (χ4n) is 5.97. The summed E-state index contributed by atoms with van der Waals surface area (Å²) in [4.78, 5) is 17.4. The predicted octanol–water partition coefficient (Wildman–Crippen LogP) is 6.52. The third-order valence-corrected chi connectivity index (χ3v) is 8.39. The Morgan fingerprint density at radius 1 is 0.838 bits per heavy atom. The normalized spacial score (nSPS) is 17.4. The van der Waals surface area contributed by atoms with Gasteiger partial charge in [-0.25, -0.2) is 4.98 Å². The molecule has 0 unspecified atom stereocenters. The Kier molecular flexibility index (Phi) is 6.82. The Morgan fingerprint density at radius 3 is 2.19 bits per heavy atom. The van der Waals surface area contributed by atoms with Gasteiger partial charge in [-0.1, -0.05) is 13.8 Å². The lowest BCUT2D eigenvalue weighted by Crippen LogP contribution is -2.05. The van der Waals surface area contributed by atoms with Crippen molar-refractivity contribution in [2.75, 3.05) is 6.61 Å². The minimum absolute atomic E-state index is 0.0358. The van der Waals surface area contributed by atoms with Crippen LogP contribution in [0.2, 0.25) is 0 Å². The highest BCUT2D eigenvalue weighted by Crippen LogP contribution is 2.41.